The third-order valence-electron chi connectivity index (χ3n) is 3.57. The number of para-hydroxylation sites is 1. The minimum atomic E-state index is -0.342. The molecule has 2 rings (SSSR count). The highest BCUT2D eigenvalue weighted by atomic mass is 16.2. The number of nitrogens with one attached hydrogen (secondary N) is 3. The Morgan fingerprint density at radius 1 is 0.926 bits per heavy atom. The first-order chi connectivity index (χ1) is 12.8. The zero-order valence-corrected chi connectivity index (χ0v) is 15.7. The van der Waals surface area contributed by atoms with Gasteiger partial charge in [-0.2, -0.15) is 0 Å². The summed E-state index contributed by atoms with van der Waals surface area (Å²) in [6.45, 7) is 3.63. The maximum Gasteiger partial charge on any atom is 0.319 e. The van der Waals surface area contributed by atoms with Crippen LogP contribution in [0.2, 0.25) is 0 Å². The van der Waals surface area contributed by atoms with Crippen LogP contribution in [0.5, 0.6) is 0 Å². The molecule has 2 aromatic carbocycles. The minimum Gasteiger partial charge on any atom is -0.336 e. The van der Waals surface area contributed by atoms with Crippen LogP contribution in [-0.4, -0.2) is 42.4 Å². The molecule has 0 radical (unpaired) electrons. The number of hydrogen-bond donors (Lipinski definition) is 3. The molecule has 0 bridgehead atoms. The van der Waals surface area contributed by atoms with E-state index >= 15 is 0 Å². The molecule has 0 saturated heterocycles. The Balaban J connectivity index is 1.96. The van der Waals surface area contributed by atoms with Crippen molar-refractivity contribution in [3.05, 3.63) is 60.2 Å². The van der Waals surface area contributed by atoms with Crippen molar-refractivity contribution in [3.8, 4) is 0 Å². The van der Waals surface area contributed by atoms with E-state index in [1.54, 1.807) is 43.4 Å². The van der Waals surface area contributed by atoms with Crippen molar-refractivity contribution in [1.29, 1.82) is 0 Å². The first kappa shape index (κ1) is 20.0. The van der Waals surface area contributed by atoms with Crippen molar-refractivity contribution in [2.24, 2.45) is 0 Å². The predicted octanol–water partition coefficient (Wildman–Crippen LogP) is 2.93. The molecule has 0 aliphatic rings. The molecule has 0 atom stereocenters. The zero-order valence-electron chi connectivity index (χ0n) is 15.7. The van der Waals surface area contributed by atoms with Gasteiger partial charge in [-0.25, -0.2) is 4.79 Å². The Kier molecular flexibility index (Phi) is 6.93. The monoisotopic (exact) mass is 368 g/mol. The van der Waals surface area contributed by atoms with E-state index in [-0.39, 0.29) is 30.4 Å². The number of carbonyl (C=O) groups is 3. The van der Waals surface area contributed by atoms with E-state index in [4.69, 9.17) is 0 Å². The maximum atomic E-state index is 12.6. The number of nitrogens with zero attached hydrogens (tertiary/aromatic N) is 1. The van der Waals surface area contributed by atoms with E-state index < -0.39 is 0 Å². The lowest BCUT2D eigenvalue weighted by Crippen LogP contribution is -2.35. The van der Waals surface area contributed by atoms with Crippen molar-refractivity contribution in [2.75, 3.05) is 24.2 Å². The number of benzene rings is 2. The van der Waals surface area contributed by atoms with Gasteiger partial charge in [-0.05, 0) is 44.2 Å². The maximum absolute atomic E-state index is 12.6. The molecular formula is C20H24N4O3. The lowest BCUT2D eigenvalue weighted by Gasteiger charge is -2.17. The number of hydrogen-bond acceptors (Lipinski definition) is 3. The van der Waals surface area contributed by atoms with Gasteiger partial charge in [-0.1, -0.05) is 24.3 Å². The molecule has 27 heavy (non-hydrogen) atoms. The minimum absolute atomic E-state index is 0.00377. The molecular weight excluding hydrogens is 344 g/mol. The highest BCUT2D eigenvalue weighted by Crippen LogP contribution is 2.13. The van der Waals surface area contributed by atoms with Gasteiger partial charge >= 0.3 is 6.03 Å². The first-order valence-electron chi connectivity index (χ1n) is 8.63. The molecule has 0 unspecified atom stereocenters. The normalized spacial score (nSPS) is 10.2. The SMILES string of the molecule is CC(C)NC(=O)Nc1cccc(C(=O)N(C)CC(=O)Nc2ccccc2)c1. The van der Waals surface area contributed by atoms with Crippen molar-refractivity contribution < 1.29 is 14.4 Å². The van der Waals surface area contributed by atoms with E-state index in [0.717, 1.165) is 0 Å². The largest absolute Gasteiger partial charge is 0.336 e. The molecule has 0 fully saturated rings. The molecule has 2 aromatic rings. The highest BCUT2D eigenvalue weighted by Gasteiger charge is 2.16. The first-order valence-corrected chi connectivity index (χ1v) is 8.63. The second kappa shape index (κ2) is 9.38. The zero-order chi connectivity index (χ0) is 19.8. The molecule has 0 saturated carbocycles. The third kappa shape index (κ3) is 6.47. The van der Waals surface area contributed by atoms with Crippen LogP contribution in [0.15, 0.2) is 54.6 Å². The summed E-state index contributed by atoms with van der Waals surface area (Å²) in [5.74, 6) is -0.603. The summed E-state index contributed by atoms with van der Waals surface area (Å²) in [6, 6.07) is 15.3. The van der Waals surface area contributed by atoms with Crippen LogP contribution in [-0.2, 0) is 4.79 Å². The smallest absolute Gasteiger partial charge is 0.319 e. The molecule has 0 aliphatic carbocycles. The molecule has 0 aliphatic heterocycles. The van der Waals surface area contributed by atoms with Gasteiger partial charge in [0.1, 0.15) is 0 Å². The fourth-order valence-electron chi connectivity index (χ4n) is 2.39. The third-order valence-corrected chi connectivity index (χ3v) is 3.57. The average molecular weight is 368 g/mol. The summed E-state index contributed by atoms with van der Waals surface area (Å²) in [6.07, 6.45) is 0. The summed E-state index contributed by atoms with van der Waals surface area (Å²) >= 11 is 0. The molecule has 0 spiro atoms. The van der Waals surface area contributed by atoms with E-state index in [9.17, 15) is 14.4 Å². The van der Waals surface area contributed by atoms with Crippen molar-refractivity contribution >= 4 is 29.2 Å². The standard InChI is InChI=1S/C20H24N4O3/c1-14(2)21-20(27)23-17-11-7-8-15(12-17)19(26)24(3)13-18(25)22-16-9-5-4-6-10-16/h4-12,14H,13H2,1-3H3,(H,22,25)(H2,21,23,27). The second-order valence-electron chi connectivity index (χ2n) is 6.41. The number of amides is 4. The predicted molar refractivity (Wildman–Crippen MR) is 106 cm³/mol. The summed E-state index contributed by atoms with van der Waals surface area (Å²) in [5.41, 5.74) is 1.55. The highest BCUT2D eigenvalue weighted by molar-refractivity contribution is 6.00. The van der Waals surface area contributed by atoms with Crippen LogP contribution in [0.4, 0.5) is 16.2 Å². The Bertz CT molecular complexity index is 806. The number of likely N-dealkylation sites (N-methyl/N-ethyl adjacent to an activating group) is 1. The lowest BCUT2D eigenvalue weighted by molar-refractivity contribution is -0.116. The van der Waals surface area contributed by atoms with E-state index in [0.29, 0.717) is 16.9 Å². The van der Waals surface area contributed by atoms with Crippen LogP contribution < -0.4 is 16.0 Å². The summed E-state index contributed by atoms with van der Waals surface area (Å²) in [4.78, 5) is 37.8. The van der Waals surface area contributed by atoms with Gasteiger partial charge < -0.3 is 20.9 Å². The second-order valence-corrected chi connectivity index (χ2v) is 6.41. The summed E-state index contributed by atoms with van der Waals surface area (Å²) < 4.78 is 0. The molecule has 7 nitrogen and oxygen atoms in total. The fourth-order valence-corrected chi connectivity index (χ4v) is 2.39. The van der Waals surface area contributed by atoms with Gasteiger partial charge in [0.25, 0.3) is 5.91 Å². The number of rotatable bonds is 6. The Morgan fingerprint density at radius 3 is 2.26 bits per heavy atom. The molecule has 142 valence electrons. The Morgan fingerprint density at radius 2 is 1.59 bits per heavy atom. The van der Waals surface area contributed by atoms with Crippen LogP contribution in [0, 0.1) is 0 Å². The number of anilines is 2. The van der Waals surface area contributed by atoms with E-state index in [2.05, 4.69) is 16.0 Å². The molecule has 4 amide bonds. The van der Waals surface area contributed by atoms with Crippen LogP contribution in [0.3, 0.4) is 0 Å². The van der Waals surface area contributed by atoms with Gasteiger partial charge in [0.05, 0.1) is 6.54 Å². The van der Waals surface area contributed by atoms with Gasteiger partial charge in [0.15, 0.2) is 0 Å². The van der Waals surface area contributed by atoms with Crippen LogP contribution >= 0.6 is 0 Å². The lowest BCUT2D eigenvalue weighted by atomic mass is 10.1. The van der Waals surface area contributed by atoms with Gasteiger partial charge in [0.2, 0.25) is 5.91 Å². The van der Waals surface area contributed by atoms with Crippen molar-refractivity contribution in [2.45, 2.75) is 19.9 Å². The fraction of sp³-hybridized carbons (Fsp3) is 0.250. The van der Waals surface area contributed by atoms with Gasteiger partial charge in [0, 0.05) is 30.0 Å². The molecule has 0 aromatic heterocycles. The molecule has 7 heteroatoms. The van der Waals surface area contributed by atoms with E-state index in [1.807, 2.05) is 32.0 Å². The van der Waals surface area contributed by atoms with Crippen LogP contribution in [0.25, 0.3) is 0 Å². The number of urea groups is 1. The van der Waals surface area contributed by atoms with Gasteiger partial charge in [-0.15, -0.1) is 0 Å². The Hall–Kier alpha value is -3.35. The molecule has 0 heterocycles. The van der Waals surface area contributed by atoms with Crippen LogP contribution in [0.1, 0.15) is 24.2 Å². The van der Waals surface area contributed by atoms with E-state index in [1.165, 1.54) is 4.90 Å². The van der Waals surface area contributed by atoms with Gasteiger partial charge in [-0.3, -0.25) is 9.59 Å². The molecule has 3 N–H and O–H groups in total. The summed E-state index contributed by atoms with van der Waals surface area (Å²) in [5, 5.41) is 8.13. The average Bonchev–Trinajstić information content (AvgIpc) is 2.61. The number of carbonyl (C=O) groups excluding carboxylic acids is 3. The summed E-state index contributed by atoms with van der Waals surface area (Å²) in [7, 11) is 1.55. The topological polar surface area (TPSA) is 90.5 Å². The quantitative estimate of drug-likeness (QED) is 0.732. The van der Waals surface area contributed by atoms with Crippen molar-refractivity contribution in [3.63, 3.8) is 0 Å². The Labute approximate surface area is 158 Å². The van der Waals surface area contributed by atoms with Crippen molar-refractivity contribution in [1.82, 2.24) is 10.2 Å².